The Hall–Kier alpha value is -3.42. The van der Waals surface area contributed by atoms with Crippen molar-refractivity contribution in [3.63, 3.8) is 0 Å². The summed E-state index contributed by atoms with van der Waals surface area (Å²) < 4.78 is 18.6. The summed E-state index contributed by atoms with van der Waals surface area (Å²) in [6, 6.07) is 12.3. The minimum Gasteiger partial charge on any atom is -0.480 e. The molecule has 0 unspecified atom stereocenters. The van der Waals surface area contributed by atoms with Gasteiger partial charge in [0.2, 0.25) is 5.91 Å². The van der Waals surface area contributed by atoms with Crippen molar-refractivity contribution in [1.82, 2.24) is 10.6 Å². The van der Waals surface area contributed by atoms with Gasteiger partial charge < -0.3 is 20.5 Å². The second-order valence-corrected chi connectivity index (χ2v) is 7.62. The van der Waals surface area contributed by atoms with Crippen molar-refractivity contribution in [3.8, 4) is 0 Å². The van der Waals surface area contributed by atoms with Gasteiger partial charge in [-0.05, 0) is 35.6 Å². The topological polar surface area (TPSA) is 105 Å². The molecule has 0 saturated heterocycles. The van der Waals surface area contributed by atoms with Gasteiger partial charge in [-0.2, -0.15) is 0 Å². The molecule has 0 heterocycles. The second-order valence-electron chi connectivity index (χ2n) is 7.62. The van der Waals surface area contributed by atoms with Gasteiger partial charge in [0.25, 0.3) is 0 Å². The maximum absolute atomic E-state index is 13.4. The first-order valence-corrected chi connectivity index (χ1v) is 9.99. The molecule has 0 aliphatic heterocycles. The molecule has 0 spiro atoms. The van der Waals surface area contributed by atoms with E-state index in [9.17, 15) is 23.9 Å². The number of benzene rings is 2. The van der Waals surface area contributed by atoms with Gasteiger partial charge >= 0.3 is 12.1 Å². The summed E-state index contributed by atoms with van der Waals surface area (Å²) in [5, 5.41) is 14.4. The summed E-state index contributed by atoms with van der Waals surface area (Å²) in [6.07, 6.45) is -0.578. The number of aliphatic carboxylic acids is 1. The van der Waals surface area contributed by atoms with Gasteiger partial charge in [-0.15, -0.1) is 0 Å². The molecular formula is C23H27FN2O5. The number of halogens is 1. The van der Waals surface area contributed by atoms with Crippen molar-refractivity contribution in [1.29, 1.82) is 0 Å². The van der Waals surface area contributed by atoms with Crippen molar-refractivity contribution < 1.29 is 28.6 Å². The Morgan fingerprint density at radius 2 is 1.65 bits per heavy atom. The van der Waals surface area contributed by atoms with Crippen LogP contribution in [0.5, 0.6) is 0 Å². The second kappa shape index (κ2) is 11.7. The highest BCUT2D eigenvalue weighted by molar-refractivity contribution is 5.89. The molecule has 0 bridgehead atoms. The van der Waals surface area contributed by atoms with Crippen molar-refractivity contribution >= 4 is 18.0 Å². The number of alkyl carbamates (subject to hydrolysis) is 1. The summed E-state index contributed by atoms with van der Waals surface area (Å²) in [4.78, 5) is 36.6. The predicted octanol–water partition coefficient (Wildman–Crippen LogP) is 3.28. The number of nitrogens with one attached hydrogen (secondary N) is 2. The largest absolute Gasteiger partial charge is 0.480 e. The summed E-state index contributed by atoms with van der Waals surface area (Å²) in [7, 11) is 0. The Labute approximate surface area is 180 Å². The van der Waals surface area contributed by atoms with Gasteiger partial charge in [0.05, 0.1) is 0 Å². The van der Waals surface area contributed by atoms with Gasteiger partial charge in [0, 0.05) is 6.42 Å². The molecule has 2 atom stereocenters. The first kappa shape index (κ1) is 23.9. The van der Waals surface area contributed by atoms with Gasteiger partial charge in [-0.25, -0.2) is 14.0 Å². The molecule has 2 rings (SSSR count). The van der Waals surface area contributed by atoms with Crippen molar-refractivity contribution in [3.05, 3.63) is 71.5 Å². The number of ether oxygens (including phenoxy) is 1. The van der Waals surface area contributed by atoms with Crippen LogP contribution in [0.1, 0.15) is 31.4 Å². The average molecular weight is 430 g/mol. The van der Waals surface area contributed by atoms with Crippen LogP contribution in [-0.2, 0) is 27.4 Å². The summed E-state index contributed by atoms with van der Waals surface area (Å²) >= 11 is 0. The van der Waals surface area contributed by atoms with Crippen molar-refractivity contribution in [2.24, 2.45) is 5.92 Å². The molecule has 0 aliphatic carbocycles. The zero-order chi connectivity index (χ0) is 22.8. The Bertz CT molecular complexity index is 889. The first-order valence-electron chi connectivity index (χ1n) is 9.99. The minimum atomic E-state index is -1.27. The lowest BCUT2D eigenvalue weighted by Crippen LogP contribution is -2.52. The van der Waals surface area contributed by atoms with Gasteiger partial charge in [-0.3, -0.25) is 4.79 Å². The van der Waals surface area contributed by atoms with Crippen LogP contribution < -0.4 is 10.6 Å². The number of carbonyl (C=O) groups excluding carboxylic acids is 2. The minimum absolute atomic E-state index is 0.0417. The van der Waals surface area contributed by atoms with Crippen LogP contribution in [0.4, 0.5) is 9.18 Å². The van der Waals surface area contributed by atoms with Crippen molar-refractivity contribution in [2.45, 2.75) is 45.4 Å². The van der Waals surface area contributed by atoms with Crippen LogP contribution in [0.25, 0.3) is 0 Å². The molecule has 2 aromatic carbocycles. The van der Waals surface area contributed by atoms with E-state index in [1.54, 1.807) is 18.2 Å². The number of carbonyl (C=O) groups is 3. The van der Waals surface area contributed by atoms with E-state index in [1.165, 1.54) is 18.2 Å². The van der Waals surface area contributed by atoms with E-state index >= 15 is 0 Å². The maximum atomic E-state index is 13.4. The van der Waals surface area contributed by atoms with Gasteiger partial charge in [-0.1, -0.05) is 56.3 Å². The lowest BCUT2D eigenvalue weighted by atomic mass is 10.0. The number of carboxylic acids is 1. The van der Waals surface area contributed by atoms with E-state index in [0.717, 1.165) is 5.56 Å². The zero-order valence-electron chi connectivity index (χ0n) is 17.5. The van der Waals surface area contributed by atoms with E-state index < -0.39 is 35.9 Å². The SMILES string of the molecule is CC(C)C[C@H](NC(=O)OCc1ccccc1)C(=O)N[C@H](Cc1cccc(F)c1)C(=O)O. The molecule has 2 aromatic rings. The fourth-order valence-corrected chi connectivity index (χ4v) is 2.98. The molecule has 166 valence electrons. The number of hydrogen-bond acceptors (Lipinski definition) is 4. The van der Waals surface area contributed by atoms with Crippen LogP contribution in [0.2, 0.25) is 0 Å². The Morgan fingerprint density at radius 3 is 2.26 bits per heavy atom. The number of amides is 2. The lowest BCUT2D eigenvalue weighted by Gasteiger charge is -2.22. The summed E-state index contributed by atoms with van der Waals surface area (Å²) in [5.74, 6) is -2.34. The fourth-order valence-electron chi connectivity index (χ4n) is 2.98. The smallest absolute Gasteiger partial charge is 0.408 e. The fraction of sp³-hybridized carbons (Fsp3) is 0.348. The molecule has 8 heteroatoms. The molecule has 0 aromatic heterocycles. The van der Waals surface area contributed by atoms with Gasteiger partial charge in [0.1, 0.15) is 24.5 Å². The average Bonchev–Trinajstić information content (AvgIpc) is 2.71. The highest BCUT2D eigenvalue weighted by Gasteiger charge is 2.28. The monoisotopic (exact) mass is 430 g/mol. The molecular weight excluding hydrogens is 403 g/mol. The van der Waals surface area contributed by atoms with Gasteiger partial charge in [0.15, 0.2) is 0 Å². The van der Waals surface area contributed by atoms with E-state index in [1.807, 2.05) is 32.0 Å². The first-order chi connectivity index (χ1) is 14.7. The molecule has 3 N–H and O–H groups in total. The van der Waals surface area contributed by atoms with Crippen LogP contribution in [-0.4, -0.2) is 35.2 Å². The lowest BCUT2D eigenvalue weighted by molar-refractivity contribution is -0.142. The molecule has 0 aliphatic rings. The highest BCUT2D eigenvalue weighted by Crippen LogP contribution is 2.10. The van der Waals surface area contributed by atoms with Crippen LogP contribution in [0, 0.1) is 11.7 Å². The number of hydrogen-bond donors (Lipinski definition) is 3. The Morgan fingerprint density at radius 1 is 0.968 bits per heavy atom. The van der Waals surface area contributed by atoms with E-state index in [4.69, 9.17) is 4.74 Å². The van der Waals surface area contributed by atoms with Crippen LogP contribution >= 0.6 is 0 Å². The van der Waals surface area contributed by atoms with Crippen LogP contribution in [0.3, 0.4) is 0 Å². The molecule has 7 nitrogen and oxygen atoms in total. The predicted molar refractivity (Wildman–Crippen MR) is 113 cm³/mol. The third-order valence-electron chi connectivity index (χ3n) is 4.47. The Balaban J connectivity index is 2.00. The third kappa shape index (κ3) is 8.46. The van der Waals surface area contributed by atoms with Crippen molar-refractivity contribution in [2.75, 3.05) is 0 Å². The standard InChI is InChI=1S/C23H27FN2O5/c1-15(2)11-19(26-23(30)31-14-16-7-4-3-5-8-16)21(27)25-20(22(28)29)13-17-9-6-10-18(24)12-17/h3-10,12,15,19-20H,11,13-14H2,1-2H3,(H,25,27)(H,26,30)(H,28,29)/t19-,20+/m0/s1. The quantitative estimate of drug-likeness (QED) is 0.537. The molecule has 31 heavy (non-hydrogen) atoms. The third-order valence-corrected chi connectivity index (χ3v) is 4.47. The zero-order valence-corrected chi connectivity index (χ0v) is 17.5. The van der Waals surface area contributed by atoms with E-state index in [-0.39, 0.29) is 18.9 Å². The normalized spacial score (nSPS) is 12.6. The highest BCUT2D eigenvalue weighted by atomic mass is 19.1. The van der Waals surface area contributed by atoms with Crippen LogP contribution in [0.15, 0.2) is 54.6 Å². The van der Waals surface area contributed by atoms with E-state index in [0.29, 0.717) is 12.0 Å². The summed E-state index contributed by atoms with van der Waals surface area (Å²) in [5.41, 5.74) is 1.23. The molecule has 0 fully saturated rings. The molecule has 0 saturated carbocycles. The summed E-state index contributed by atoms with van der Waals surface area (Å²) in [6.45, 7) is 3.79. The Kier molecular flexibility index (Phi) is 8.99. The number of carboxylic acid groups (broad SMARTS) is 1. The maximum Gasteiger partial charge on any atom is 0.408 e. The molecule has 2 amide bonds. The van der Waals surface area contributed by atoms with E-state index in [2.05, 4.69) is 10.6 Å². The number of rotatable bonds is 10. The molecule has 0 radical (unpaired) electrons.